The summed E-state index contributed by atoms with van der Waals surface area (Å²) in [5.74, 6) is 1.94. The minimum absolute atomic E-state index is 0.162. The highest BCUT2D eigenvalue weighted by Gasteiger charge is 2.26. The summed E-state index contributed by atoms with van der Waals surface area (Å²) in [5.41, 5.74) is 1.30. The molecule has 0 aromatic heterocycles. The largest absolute Gasteiger partial charge is 0.371 e. The van der Waals surface area contributed by atoms with Crippen molar-refractivity contribution >= 4 is 33.4 Å². The van der Waals surface area contributed by atoms with Gasteiger partial charge in [-0.2, -0.15) is 11.8 Å². The fraction of sp³-hybridized carbons (Fsp3) is 0.611. The van der Waals surface area contributed by atoms with Gasteiger partial charge in [-0.25, -0.2) is 12.7 Å². The van der Waals surface area contributed by atoms with Gasteiger partial charge in [0.05, 0.1) is 10.5 Å². The normalized spacial score (nSPS) is 19.1. The molecule has 0 spiro atoms. The Morgan fingerprint density at radius 2 is 1.85 bits per heavy atom. The standard InChI is InChI=1S/C18H27N3O3S2/c1-20(2)26(23,24)15-5-6-17(21-9-3-4-10-21)16(13-15)18(22)19-14-7-11-25-12-8-14/h5-6,13-14H,3-4,7-12H2,1-2H3,(H,19,22). The molecule has 144 valence electrons. The first-order valence-corrected chi connectivity index (χ1v) is 11.7. The number of benzene rings is 1. The number of nitrogens with zero attached hydrogens (tertiary/aromatic N) is 2. The number of thioether (sulfide) groups is 1. The molecule has 6 nitrogen and oxygen atoms in total. The molecule has 1 amide bonds. The molecule has 2 heterocycles. The molecular formula is C18H27N3O3S2. The number of anilines is 1. The van der Waals surface area contributed by atoms with Gasteiger partial charge >= 0.3 is 0 Å². The van der Waals surface area contributed by atoms with Crippen molar-refractivity contribution in [3.8, 4) is 0 Å². The zero-order valence-electron chi connectivity index (χ0n) is 15.4. The lowest BCUT2D eigenvalue weighted by atomic mass is 10.1. The van der Waals surface area contributed by atoms with Gasteiger partial charge in [0.1, 0.15) is 0 Å². The number of hydrogen-bond acceptors (Lipinski definition) is 5. The first-order valence-electron chi connectivity index (χ1n) is 9.10. The molecule has 0 atom stereocenters. The molecule has 1 aromatic carbocycles. The van der Waals surface area contributed by atoms with E-state index in [4.69, 9.17) is 0 Å². The van der Waals surface area contributed by atoms with Crippen LogP contribution in [0.1, 0.15) is 36.0 Å². The molecule has 0 bridgehead atoms. The summed E-state index contributed by atoms with van der Waals surface area (Å²) in [5, 5.41) is 3.12. The highest BCUT2D eigenvalue weighted by atomic mass is 32.2. The minimum atomic E-state index is -3.57. The average molecular weight is 398 g/mol. The van der Waals surface area contributed by atoms with Crippen LogP contribution in [0.15, 0.2) is 23.1 Å². The number of hydrogen-bond donors (Lipinski definition) is 1. The number of carbonyl (C=O) groups is 1. The van der Waals surface area contributed by atoms with E-state index in [1.165, 1.54) is 24.5 Å². The summed E-state index contributed by atoms with van der Waals surface area (Å²) < 4.78 is 26.2. The van der Waals surface area contributed by atoms with Crippen molar-refractivity contribution in [2.75, 3.05) is 43.6 Å². The second-order valence-electron chi connectivity index (χ2n) is 7.02. The monoisotopic (exact) mass is 397 g/mol. The SMILES string of the molecule is CN(C)S(=O)(=O)c1ccc(N2CCCC2)c(C(=O)NC2CCSCC2)c1. The van der Waals surface area contributed by atoms with Gasteiger partial charge in [-0.3, -0.25) is 4.79 Å². The topological polar surface area (TPSA) is 69.7 Å². The summed E-state index contributed by atoms with van der Waals surface area (Å²) in [6.45, 7) is 1.81. The van der Waals surface area contributed by atoms with E-state index in [9.17, 15) is 13.2 Å². The van der Waals surface area contributed by atoms with Crippen LogP contribution in [0.4, 0.5) is 5.69 Å². The first kappa shape index (κ1) is 19.5. The van der Waals surface area contributed by atoms with Crippen LogP contribution in [0.3, 0.4) is 0 Å². The molecule has 0 saturated carbocycles. The molecule has 8 heteroatoms. The molecule has 2 fully saturated rings. The van der Waals surface area contributed by atoms with E-state index in [-0.39, 0.29) is 16.8 Å². The van der Waals surface area contributed by atoms with Crippen LogP contribution in [0.2, 0.25) is 0 Å². The zero-order chi connectivity index (χ0) is 18.7. The fourth-order valence-corrected chi connectivity index (χ4v) is 5.44. The van der Waals surface area contributed by atoms with E-state index in [0.717, 1.165) is 56.0 Å². The molecular weight excluding hydrogens is 370 g/mol. The Kier molecular flexibility index (Phi) is 6.14. The molecule has 0 radical (unpaired) electrons. The van der Waals surface area contributed by atoms with E-state index in [2.05, 4.69) is 10.2 Å². The first-order chi connectivity index (χ1) is 12.4. The molecule has 3 rings (SSSR count). The summed E-state index contributed by atoms with van der Waals surface area (Å²) in [6.07, 6.45) is 4.12. The quantitative estimate of drug-likeness (QED) is 0.825. The van der Waals surface area contributed by atoms with Crippen molar-refractivity contribution in [3.05, 3.63) is 23.8 Å². The third kappa shape index (κ3) is 4.18. The van der Waals surface area contributed by atoms with Crippen molar-refractivity contribution in [2.24, 2.45) is 0 Å². The molecule has 1 aromatic rings. The van der Waals surface area contributed by atoms with E-state index in [0.29, 0.717) is 5.56 Å². The van der Waals surface area contributed by atoms with Crippen molar-refractivity contribution in [1.82, 2.24) is 9.62 Å². The van der Waals surface area contributed by atoms with E-state index in [1.54, 1.807) is 12.1 Å². The van der Waals surface area contributed by atoms with Gasteiger partial charge in [0.25, 0.3) is 5.91 Å². The lowest BCUT2D eigenvalue weighted by Gasteiger charge is -2.26. The number of sulfonamides is 1. The van der Waals surface area contributed by atoms with Crippen LogP contribution in [0, 0.1) is 0 Å². The van der Waals surface area contributed by atoms with Crippen molar-refractivity contribution in [1.29, 1.82) is 0 Å². The maximum Gasteiger partial charge on any atom is 0.253 e. The summed E-state index contributed by atoms with van der Waals surface area (Å²) in [6, 6.07) is 5.10. The smallest absolute Gasteiger partial charge is 0.253 e. The number of amides is 1. The molecule has 0 aliphatic carbocycles. The molecule has 2 aliphatic rings. The van der Waals surface area contributed by atoms with Gasteiger partial charge in [0.2, 0.25) is 10.0 Å². The Labute approximate surface area is 160 Å². The maximum atomic E-state index is 13.0. The molecule has 2 saturated heterocycles. The Balaban J connectivity index is 1.93. The van der Waals surface area contributed by atoms with Gasteiger partial charge in [0.15, 0.2) is 0 Å². The van der Waals surface area contributed by atoms with Crippen LogP contribution in [-0.4, -0.2) is 63.4 Å². The van der Waals surface area contributed by atoms with Gasteiger partial charge in [0, 0.05) is 38.9 Å². The number of rotatable bonds is 5. The predicted molar refractivity (Wildman–Crippen MR) is 107 cm³/mol. The van der Waals surface area contributed by atoms with Crippen molar-refractivity contribution in [3.63, 3.8) is 0 Å². The summed E-state index contributed by atoms with van der Waals surface area (Å²) >= 11 is 1.91. The third-order valence-electron chi connectivity index (χ3n) is 4.99. The van der Waals surface area contributed by atoms with Crippen molar-refractivity contribution < 1.29 is 13.2 Å². The Morgan fingerprint density at radius 3 is 2.46 bits per heavy atom. The predicted octanol–water partition coefficient (Wildman–Crippen LogP) is 2.16. The van der Waals surface area contributed by atoms with Crippen molar-refractivity contribution in [2.45, 2.75) is 36.6 Å². The van der Waals surface area contributed by atoms with Crippen LogP contribution in [-0.2, 0) is 10.0 Å². The summed E-state index contributed by atoms with van der Waals surface area (Å²) in [4.78, 5) is 15.3. The van der Waals surface area contributed by atoms with Gasteiger partial charge in [-0.05, 0) is 55.4 Å². The second kappa shape index (κ2) is 8.19. The van der Waals surface area contributed by atoms with Crippen LogP contribution < -0.4 is 10.2 Å². The van der Waals surface area contributed by atoms with Gasteiger partial charge in [-0.1, -0.05) is 0 Å². The van der Waals surface area contributed by atoms with Crippen LogP contribution in [0.25, 0.3) is 0 Å². The molecule has 0 unspecified atom stereocenters. The van der Waals surface area contributed by atoms with E-state index >= 15 is 0 Å². The maximum absolute atomic E-state index is 13.0. The van der Waals surface area contributed by atoms with Crippen LogP contribution in [0.5, 0.6) is 0 Å². The Morgan fingerprint density at radius 1 is 1.19 bits per heavy atom. The molecule has 2 aliphatic heterocycles. The minimum Gasteiger partial charge on any atom is -0.371 e. The average Bonchev–Trinajstić information content (AvgIpc) is 3.16. The highest BCUT2D eigenvalue weighted by molar-refractivity contribution is 7.99. The number of carbonyl (C=O) groups excluding carboxylic acids is 1. The van der Waals surface area contributed by atoms with E-state index < -0.39 is 10.0 Å². The van der Waals surface area contributed by atoms with E-state index in [1.807, 2.05) is 11.8 Å². The number of nitrogens with one attached hydrogen (secondary N) is 1. The highest BCUT2D eigenvalue weighted by Crippen LogP contribution is 2.28. The van der Waals surface area contributed by atoms with Gasteiger partial charge in [-0.15, -0.1) is 0 Å². The Bertz CT molecular complexity index is 753. The van der Waals surface area contributed by atoms with Crippen LogP contribution >= 0.6 is 11.8 Å². The zero-order valence-corrected chi connectivity index (χ0v) is 17.0. The molecule has 26 heavy (non-hydrogen) atoms. The second-order valence-corrected chi connectivity index (χ2v) is 10.4. The third-order valence-corrected chi connectivity index (χ3v) is 7.85. The lowest BCUT2D eigenvalue weighted by molar-refractivity contribution is 0.0935. The Hall–Kier alpha value is -1.25. The fourth-order valence-electron chi connectivity index (χ4n) is 3.41. The van der Waals surface area contributed by atoms with Gasteiger partial charge < -0.3 is 10.2 Å². The summed E-state index contributed by atoms with van der Waals surface area (Å²) in [7, 11) is -0.569. The molecule has 1 N–H and O–H groups in total. The lowest BCUT2D eigenvalue weighted by Crippen LogP contribution is -2.38.